The highest BCUT2D eigenvalue weighted by Crippen LogP contribution is 2.56. The third-order valence-electron chi connectivity index (χ3n) is 10.3. The van der Waals surface area contributed by atoms with E-state index in [4.69, 9.17) is 0 Å². The van der Waals surface area contributed by atoms with Crippen LogP contribution in [0.15, 0.2) is 164 Å². The van der Waals surface area contributed by atoms with Crippen molar-refractivity contribution in [1.82, 2.24) is 0 Å². The lowest BCUT2D eigenvalue weighted by atomic mass is 9.79. The molecule has 0 spiro atoms. The summed E-state index contributed by atoms with van der Waals surface area (Å²) in [6.45, 7) is 4.77. The first kappa shape index (κ1) is 26.9. The van der Waals surface area contributed by atoms with Crippen molar-refractivity contribution >= 4 is 0 Å². The van der Waals surface area contributed by atoms with Crippen LogP contribution in [0.3, 0.4) is 0 Å². The van der Waals surface area contributed by atoms with Crippen molar-refractivity contribution in [2.45, 2.75) is 25.2 Å². The minimum atomic E-state index is -0.0590. The molecule has 0 aromatic heterocycles. The molecule has 1 unspecified atom stereocenters. The van der Waals surface area contributed by atoms with Gasteiger partial charge >= 0.3 is 0 Å². The van der Waals surface area contributed by atoms with Crippen molar-refractivity contribution in [3.8, 4) is 55.6 Å². The summed E-state index contributed by atoms with van der Waals surface area (Å²) in [4.78, 5) is 0. The smallest absolute Gasteiger partial charge is 0.0352 e. The molecule has 218 valence electrons. The van der Waals surface area contributed by atoms with Crippen LogP contribution in [-0.4, -0.2) is 0 Å². The first-order chi connectivity index (χ1) is 22.6. The molecule has 7 aromatic carbocycles. The summed E-state index contributed by atoms with van der Waals surface area (Å²) in [6.07, 6.45) is 0. The van der Waals surface area contributed by atoms with Crippen LogP contribution < -0.4 is 0 Å². The van der Waals surface area contributed by atoms with E-state index in [9.17, 15) is 0 Å². The Kier molecular flexibility index (Phi) is 6.02. The maximum Gasteiger partial charge on any atom is 0.0352 e. The Labute approximate surface area is 271 Å². The van der Waals surface area contributed by atoms with Crippen molar-refractivity contribution in [1.29, 1.82) is 0 Å². The van der Waals surface area contributed by atoms with Crippen LogP contribution in [-0.2, 0) is 5.41 Å². The van der Waals surface area contributed by atoms with Gasteiger partial charge in [0, 0.05) is 11.3 Å². The standard InChI is InChI=1S/C46H34/c1-46(2)43-21-13-12-20-37(43)41-28-40-39-27-33(30-14-6-3-7-15-30)22-23-38(39)45(42(40)29-44(41)46)36-25-34(31-16-8-4-9-17-31)24-35(26-36)32-18-10-5-11-19-32/h3-29,45H,1-2H3. The summed E-state index contributed by atoms with van der Waals surface area (Å²) in [5.74, 6) is 0.130. The van der Waals surface area contributed by atoms with Crippen LogP contribution >= 0.6 is 0 Å². The van der Waals surface area contributed by atoms with E-state index in [0.717, 1.165) is 0 Å². The van der Waals surface area contributed by atoms with Gasteiger partial charge in [-0.2, -0.15) is 0 Å². The maximum absolute atomic E-state index is 2.55. The number of benzene rings is 7. The Morgan fingerprint density at radius 2 is 0.891 bits per heavy atom. The van der Waals surface area contributed by atoms with Crippen molar-refractivity contribution < 1.29 is 0 Å². The fraction of sp³-hybridized carbons (Fsp3) is 0.0870. The molecule has 0 bridgehead atoms. The number of hydrogen-bond donors (Lipinski definition) is 0. The van der Waals surface area contributed by atoms with Crippen LogP contribution in [0.1, 0.15) is 47.6 Å². The molecule has 0 aliphatic heterocycles. The molecule has 2 aliphatic rings. The molecular weight excluding hydrogens is 553 g/mol. The number of fused-ring (bicyclic) bond motifs is 6. The highest BCUT2D eigenvalue weighted by atomic mass is 14.4. The first-order valence-electron chi connectivity index (χ1n) is 16.3. The van der Waals surface area contributed by atoms with E-state index in [2.05, 4.69) is 178 Å². The van der Waals surface area contributed by atoms with Gasteiger partial charge < -0.3 is 0 Å². The van der Waals surface area contributed by atoms with E-state index in [-0.39, 0.29) is 11.3 Å². The van der Waals surface area contributed by atoms with Crippen molar-refractivity contribution in [3.05, 3.63) is 192 Å². The zero-order valence-corrected chi connectivity index (χ0v) is 26.2. The lowest BCUT2D eigenvalue weighted by Gasteiger charge is -2.23. The SMILES string of the molecule is CC1(C)c2ccccc2-c2cc3c(cc21)C(c1cc(-c2ccccc2)cc(-c2ccccc2)c1)c1ccc(-c2ccccc2)cc1-3. The second kappa shape index (κ2) is 10.3. The molecule has 0 nitrogen and oxygen atoms in total. The van der Waals surface area contributed by atoms with Gasteiger partial charge in [0.05, 0.1) is 0 Å². The molecule has 0 N–H and O–H groups in total. The highest BCUT2D eigenvalue weighted by Gasteiger charge is 2.39. The summed E-state index contributed by atoms with van der Waals surface area (Å²) in [6, 6.07) is 60.8. The van der Waals surface area contributed by atoms with Crippen LogP contribution in [0.2, 0.25) is 0 Å². The van der Waals surface area contributed by atoms with Gasteiger partial charge in [-0.3, -0.25) is 0 Å². The quantitative estimate of drug-likeness (QED) is 0.192. The third kappa shape index (κ3) is 4.14. The maximum atomic E-state index is 2.55. The Balaban J connectivity index is 1.31. The number of hydrogen-bond acceptors (Lipinski definition) is 0. The molecule has 0 saturated carbocycles. The summed E-state index contributed by atoms with van der Waals surface area (Å²) >= 11 is 0. The average Bonchev–Trinajstić information content (AvgIpc) is 3.56. The Morgan fingerprint density at radius 3 is 1.52 bits per heavy atom. The van der Waals surface area contributed by atoms with Gasteiger partial charge in [-0.05, 0) is 102 Å². The van der Waals surface area contributed by atoms with Crippen LogP contribution in [0.5, 0.6) is 0 Å². The van der Waals surface area contributed by atoms with E-state index in [1.807, 2.05) is 0 Å². The number of rotatable bonds is 4. The van der Waals surface area contributed by atoms with Gasteiger partial charge in [-0.15, -0.1) is 0 Å². The Morgan fingerprint density at radius 1 is 0.348 bits per heavy atom. The second-order valence-corrected chi connectivity index (χ2v) is 13.3. The minimum absolute atomic E-state index is 0.0590. The van der Waals surface area contributed by atoms with Crippen LogP contribution in [0.25, 0.3) is 55.6 Å². The predicted octanol–water partition coefficient (Wildman–Crippen LogP) is 12.2. The minimum Gasteiger partial charge on any atom is -0.0622 e. The molecule has 2 aliphatic carbocycles. The zero-order valence-electron chi connectivity index (χ0n) is 26.2. The Hall–Kier alpha value is -5.46. The average molecular weight is 587 g/mol. The molecule has 0 heteroatoms. The Bertz CT molecular complexity index is 2200. The fourth-order valence-corrected chi connectivity index (χ4v) is 8.03. The highest BCUT2D eigenvalue weighted by molar-refractivity contribution is 5.92. The molecule has 1 atom stereocenters. The van der Waals surface area contributed by atoms with Crippen molar-refractivity contribution in [2.75, 3.05) is 0 Å². The fourth-order valence-electron chi connectivity index (χ4n) is 8.03. The first-order valence-corrected chi connectivity index (χ1v) is 16.3. The van der Waals surface area contributed by atoms with Crippen molar-refractivity contribution in [2.24, 2.45) is 0 Å². The van der Waals surface area contributed by atoms with E-state index < -0.39 is 0 Å². The lowest BCUT2D eigenvalue weighted by molar-refractivity contribution is 0.659. The molecule has 0 saturated heterocycles. The summed E-state index contributed by atoms with van der Waals surface area (Å²) < 4.78 is 0. The van der Waals surface area contributed by atoms with E-state index in [1.165, 1.54) is 83.5 Å². The van der Waals surface area contributed by atoms with Gasteiger partial charge in [0.1, 0.15) is 0 Å². The van der Waals surface area contributed by atoms with E-state index in [0.29, 0.717) is 0 Å². The zero-order chi connectivity index (χ0) is 30.8. The molecule has 0 amide bonds. The summed E-state index contributed by atoms with van der Waals surface area (Å²) in [7, 11) is 0. The topological polar surface area (TPSA) is 0 Å². The third-order valence-corrected chi connectivity index (χ3v) is 10.3. The summed E-state index contributed by atoms with van der Waals surface area (Å²) in [5.41, 5.74) is 19.8. The van der Waals surface area contributed by atoms with Crippen molar-refractivity contribution in [3.63, 3.8) is 0 Å². The lowest BCUT2D eigenvalue weighted by Crippen LogP contribution is -2.15. The van der Waals surface area contributed by atoms with Gasteiger partial charge in [0.2, 0.25) is 0 Å². The molecule has 0 heterocycles. The van der Waals surface area contributed by atoms with Gasteiger partial charge in [0.25, 0.3) is 0 Å². The molecule has 7 aromatic rings. The molecule has 0 fully saturated rings. The monoisotopic (exact) mass is 586 g/mol. The summed E-state index contributed by atoms with van der Waals surface area (Å²) in [5, 5.41) is 0. The second-order valence-electron chi connectivity index (χ2n) is 13.3. The van der Waals surface area contributed by atoms with Crippen LogP contribution in [0, 0.1) is 0 Å². The van der Waals surface area contributed by atoms with E-state index in [1.54, 1.807) is 0 Å². The van der Waals surface area contributed by atoms with Gasteiger partial charge in [-0.1, -0.05) is 159 Å². The van der Waals surface area contributed by atoms with E-state index >= 15 is 0 Å². The van der Waals surface area contributed by atoms with Crippen LogP contribution in [0.4, 0.5) is 0 Å². The normalized spacial score (nSPS) is 15.1. The molecule has 9 rings (SSSR count). The molecular formula is C46H34. The van der Waals surface area contributed by atoms with Gasteiger partial charge in [0.15, 0.2) is 0 Å². The molecule has 46 heavy (non-hydrogen) atoms. The largest absolute Gasteiger partial charge is 0.0622 e. The molecule has 0 radical (unpaired) electrons. The predicted molar refractivity (Wildman–Crippen MR) is 193 cm³/mol. The van der Waals surface area contributed by atoms with Gasteiger partial charge in [-0.25, -0.2) is 0 Å².